The molecule has 0 bridgehead atoms. The molecular weight excluding hydrogens is 387 g/mol. The van der Waals surface area contributed by atoms with Crippen LogP contribution >= 0.6 is 23.2 Å². The number of urea groups is 1. The van der Waals surface area contributed by atoms with E-state index in [0.717, 1.165) is 18.4 Å². The second-order valence-corrected chi connectivity index (χ2v) is 7.13. The van der Waals surface area contributed by atoms with Gasteiger partial charge in [-0.2, -0.15) is 4.98 Å². The molecule has 2 amide bonds. The minimum atomic E-state index is -0.260. The largest absolute Gasteiger partial charge is 0.337 e. The third-order valence-corrected chi connectivity index (χ3v) is 4.87. The number of hydrogen-bond donors (Lipinski definition) is 1. The minimum Gasteiger partial charge on any atom is -0.337 e. The predicted molar refractivity (Wildman–Crippen MR) is 104 cm³/mol. The van der Waals surface area contributed by atoms with Gasteiger partial charge in [-0.05, 0) is 43.2 Å². The molecule has 6 nitrogen and oxygen atoms in total. The molecule has 0 spiro atoms. The van der Waals surface area contributed by atoms with E-state index in [9.17, 15) is 4.79 Å². The number of anilines is 1. The molecule has 2 aromatic carbocycles. The molecule has 0 radical (unpaired) electrons. The number of hydrogen-bond acceptors (Lipinski definition) is 4. The first kappa shape index (κ1) is 17.8. The van der Waals surface area contributed by atoms with Crippen molar-refractivity contribution in [1.29, 1.82) is 0 Å². The Kier molecular flexibility index (Phi) is 5.01. The lowest BCUT2D eigenvalue weighted by atomic mass is 10.2. The highest BCUT2D eigenvalue weighted by Gasteiger charge is 2.34. The second kappa shape index (κ2) is 7.58. The molecule has 0 unspecified atom stereocenters. The van der Waals surface area contributed by atoms with Crippen molar-refractivity contribution in [2.24, 2.45) is 0 Å². The van der Waals surface area contributed by atoms with Crippen LogP contribution in [0.5, 0.6) is 0 Å². The van der Waals surface area contributed by atoms with E-state index in [1.54, 1.807) is 41.3 Å². The minimum absolute atomic E-state index is 0.220. The Bertz CT molecular complexity index is 976. The molecule has 0 aliphatic carbocycles. The van der Waals surface area contributed by atoms with Gasteiger partial charge in [0.2, 0.25) is 11.7 Å². The Balaban J connectivity index is 1.52. The van der Waals surface area contributed by atoms with Crippen molar-refractivity contribution in [1.82, 2.24) is 15.0 Å². The zero-order valence-corrected chi connectivity index (χ0v) is 15.7. The summed E-state index contributed by atoms with van der Waals surface area (Å²) in [4.78, 5) is 18.9. The van der Waals surface area contributed by atoms with Gasteiger partial charge in [0.1, 0.15) is 6.04 Å². The number of carbonyl (C=O) groups is 1. The van der Waals surface area contributed by atoms with E-state index >= 15 is 0 Å². The molecular formula is C19H16Cl2N4O2. The maximum Gasteiger partial charge on any atom is 0.322 e. The first-order chi connectivity index (χ1) is 13.1. The zero-order chi connectivity index (χ0) is 18.8. The monoisotopic (exact) mass is 402 g/mol. The summed E-state index contributed by atoms with van der Waals surface area (Å²) >= 11 is 12.0. The van der Waals surface area contributed by atoms with Crippen LogP contribution in [0.15, 0.2) is 53.1 Å². The van der Waals surface area contributed by atoms with Crippen molar-refractivity contribution < 1.29 is 9.32 Å². The highest BCUT2D eigenvalue weighted by atomic mass is 35.5. The van der Waals surface area contributed by atoms with Crippen molar-refractivity contribution in [2.75, 3.05) is 11.9 Å². The lowest BCUT2D eigenvalue weighted by Gasteiger charge is -2.22. The summed E-state index contributed by atoms with van der Waals surface area (Å²) in [5, 5.41) is 8.07. The number of carbonyl (C=O) groups excluding carboxylic acids is 1. The number of likely N-dealkylation sites (tertiary alicyclic amines) is 1. The maximum atomic E-state index is 12.7. The van der Waals surface area contributed by atoms with Crippen LogP contribution < -0.4 is 5.32 Å². The van der Waals surface area contributed by atoms with Gasteiger partial charge in [-0.3, -0.25) is 0 Å². The molecule has 1 aliphatic heterocycles. The van der Waals surface area contributed by atoms with Crippen molar-refractivity contribution in [3.8, 4) is 11.4 Å². The number of rotatable bonds is 3. The first-order valence-electron chi connectivity index (χ1n) is 8.53. The fourth-order valence-corrected chi connectivity index (χ4v) is 3.52. The number of nitrogens with zero attached hydrogens (tertiary/aromatic N) is 3. The van der Waals surface area contributed by atoms with Crippen molar-refractivity contribution in [3.63, 3.8) is 0 Å². The number of nitrogens with one attached hydrogen (secondary N) is 1. The summed E-state index contributed by atoms with van der Waals surface area (Å²) in [5.41, 5.74) is 1.41. The van der Waals surface area contributed by atoms with Gasteiger partial charge in [0.15, 0.2) is 0 Å². The van der Waals surface area contributed by atoms with Crippen LogP contribution in [0.1, 0.15) is 24.8 Å². The fraction of sp³-hybridized carbons (Fsp3) is 0.211. The van der Waals surface area contributed by atoms with Crippen molar-refractivity contribution >= 4 is 34.9 Å². The first-order valence-corrected chi connectivity index (χ1v) is 9.28. The van der Waals surface area contributed by atoms with E-state index in [1.165, 1.54) is 0 Å². The predicted octanol–water partition coefficient (Wildman–Crippen LogP) is 5.41. The van der Waals surface area contributed by atoms with E-state index in [2.05, 4.69) is 15.5 Å². The zero-order valence-electron chi connectivity index (χ0n) is 14.2. The normalized spacial score (nSPS) is 16.5. The number of aromatic nitrogens is 2. The third-order valence-electron chi connectivity index (χ3n) is 4.40. The Hall–Kier alpha value is -2.57. The number of halogens is 2. The van der Waals surface area contributed by atoms with Crippen molar-refractivity contribution in [2.45, 2.75) is 18.9 Å². The van der Waals surface area contributed by atoms with Crippen molar-refractivity contribution in [3.05, 3.63) is 64.5 Å². The standard InChI is InChI=1S/C19H16Cl2N4O2/c20-13-5-1-4-12(10-13)17-23-18(27-24-17)16-8-3-9-25(16)19(26)22-15-7-2-6-14(21)11-15/h1-2,4-7,10-11,16H,3,8-9H2,(H,22,26)/t16-/m0/s1. The molecule has 1 saturated heterocycles. The summed E-state index contributed by atoms with van der Waals surface area (Å²) in [6, 6.07) is 13.8. The van der Waals surface area contributed by atoms with Gasteiger partial charge in [-0.25, -0.2) is 4.79 Å². The van der Waals surface area contributed by atoms with E-state index < -0.39 is 0 Å². The summed E-state index contributed by atoms with van der Waals surface area (Å²) in [6.07, 6.45) is 1.63. The average molecular weight is 403 g/mol. The smallest absolute Gasteiger partial charge is 0.322 e. The van der Waals surface area contributed by atoms with Gasteiger partial charge in [0, 0.05) is 27.8 Å². The average Bonchev–Trinajstić information content (AvgIpc) is 3.31. The highest BCUT2D eigenvalue weighted by Crippen LogP contribution is 2.33. The SMILES string of the molecule is O=C(Nc1cccc(Cl)c1)N1CCC[C@H]1c1nc(-c2cccc(Cl)c2)no1. The van der Waals surface area contributed by atoms with Gasteiger partial charge in [-0.1, -0.05) is 46.6 Å². The molecule has 2 heterocycles. The molecule has 1 aliphatic rings. The second-order valence-electron chi connectivity index (χ2n) is 6.26. The van der Waals surface area contributed by atoms with Gasteiger partial charge < -0.3 is 14.7 Å². The molecule has 1 aromatic heterocycles. The van der Waals surface area contributed by atoms with Crippen LogP contribution in [0.2, 0.25) is 10.0 Å². The topological polar surface area (TPSA) is 71.3 Å². The number of benzene rings is 2. The molecule has 27 heavy (non-hydrogen) atoms. The third kappa shape index (κ3) is 3.91. The Morgan fingerprint density at radius 3 is 2.70 bits per heavy atom. The van der Waals surface area contributed by atoms with Gasteiger partial charge in [-0.15, -0.1) is 0 Å². The van der Waals surface area contributed by atoms with Gasteiger partial charge in [0.05, 0.1) is 0 Å². The van der Waals surface area contributed by atoms with Gasteiger partial charge >= 0.3 is 6.03 Å². The molecule has 8 heteroatoms. The maximum absolute atomic E-state index is 12.7. The highest BCUT2D eigenvalue weighted by molar-refractivity contribution is 6.31. The van der Waals surface area contributed by atoms with Crippen LogP contribution in [0.4, 0.5) is 10.5 Å². The van der Waals surface area contributed by atoms with Crippen LogP contribution in [0.25, 0.3) is 11.4 Å². The number of amides is 2. The molecule has 1 atom stereocenters. The Morgan fingerprint density at radius 1 is 1.15 bits per heavy atom. The van der Waals surface area contributed by atoms with Crippen LogP contribution in [-0.4, -0.2) is 27.6 Å². The molecule has 1 fully saturated rings. The summed E-state index contributed by atoms with van der Waals surface area (Å²) < 4.78 is 5.45. The van der Waals surface area contributed by atoms with Crippen LogP contribution in [-0.2, 0) is 0 Å². The summed E-state index contributed by atoms with van der Waals surface area (Å²) in [5.74, 6) is 0.873. The lowest BCUT2D eigenvalue weighted by Crippen LogP contribution is -2.34. The molecule has 138 valence electrons. The molecule has 1 N–H and O–H groups in total. The van der Waals surface area contributed by atoms with E-state index in [-0.39, 0.29) is 12.1 Å². The summed E-state index contributed by atoms with van der Waals surface area (Å²) in [6.45, 7) is 0.617. The van der Waals surface area contributed by atoms with Gasteiger partial charge in [0.25, 0.3) is 0 Å². The van der Waals surface area contributed by atoms with E-state index in [1.807, 2.05) is 12.1 Å². The molecule has 0 saturated carbocycles. The van der Waals surface area contributed by atoms with E-state index in [4.69, 9.17) is 27.7 Å². The molecule has 3 aromatic rings. The van der Waals surface area contributed by atoms with E-state index in [0.29, 0.717) is 34.0 Å². The van der Waals surface area contributed by atoms with Crippen LogP contribution in [0.3, 0.4) is 0 Å². The molecule has 4 rings (SSSR count). The Morgan fingerprint density at radius 2 is 1.93 bits per heavy atom. The lowest BCUT2D eigenvalue weighted by molar-refractivity contribution is 0.193. The summed E-state index contributed by atoms with van der Waals surface area (Å²) in [7, 11) is 0. The quantitative estimate of drug-likeness (QED) is 0.635. The Labute approximate surface area is 166 Å². The van der Waals surface area contributed by atoms with Crippen LogP contribution in [0, 0.1) is 0 Å². The fourth-order valence-electron chi connectivity index (χ4n) is 3.14.